The molecule has 1 aromatic heterocycles. The van der Waals surface area contributed by atoms with E-state index in [-0.39, 0.29) is 11.9 Å². The molecule has 0 amide bonds. The third kappa shape index (κ3) is 3.52. The van der Waals surface area contributed by atoms with E-state index in [9.17, 15) is 4.39 Å². The highest BCUT2D eigenvalue weighted by Crippen LogP contribution is 2.36. The molecular weight excluding hydrogens is 281 g/mol. The molecule has 1 N–H and O–H groups in total. The zero-order chi connectivity index (χ0) is 13.8. The number of hydrogen-bond acceptors (Lipinski definition) is 5. The number of nitrogens with zero attached hydrogens (tertiary/aromatic N) is 2. The van der Waals surface area contributed by atoms with Crippen molar-refractivity contribution in [2.45, 2.75) is 36.0 Å². The molecule has 2 aromatic rings. The van der Waals surface area contributed by atoms with Crippen molar-refractivity contribution in [1.82, 2.24) is 15.5 Å². The average molecular weight is 297 g/mol. The second-order valence-electron chi connectivity index (χ2n) is 4.13. The Morgan fingerprint density at radius 2 is 2.21 bits per heavy atom. The van der Waals surface area contributed by atoms with Gasteiger partial charge in [0.2, 0.25) is 0 Å². The number of aromatic nitrogens is 2. The van der Waals surface area contributed by atoms with Crippen LogP contribution in [0.15, 0.2) is 27.4 Å². The van der Waals surface area contributed by atoms with E-state index in [0.29, 0.717) is 4.90 Å². The maximum absolute atomic E-state index is 14.1. The third-order valence-electron chi connectivity index (χ3n) is 2.67. The molecule has 0 saturated heterocycles. The van der Waals surface area contributed by atoms with Gasteiger partial charge in [0.15, 0.2) is 4.34 Å². The van der Waals surface area contributed by atoms with E-state index in [1.54, 1.807) is 6.07 Å². The van der Waals surface area contributed by atoms with Crippen molar-refractivity contribution >= 4 is 23.1 Å². The Kier molecular flexibility index (Phi) is 4.90. The van der Waals surface area contributed by atoms with E-state index in [1.165, 1.54) is 29.2 Å². The molecule has 0 saturated carbocycles. The van der Waals surface area contributed by atoms with Gasteiger partial charge >= 0.3 is 0 Å². The van der Waals surface area contributed by atoms with Crippen molar-refractivity contribution in [3.63, 3.8) is 0 Å². The van der Waals surface area contributed by atoms with E-state index in [0.717, 1.165) is 21.5 Å². The van der Waals surface area contributed by atoms with Gasteiger partial charge in [-0.15, -0.1) is 10.2 Å². The van der Waals surface area contributed by atoms with Crippen LogP contribution in [0, 0.1) is 12.7 Å². The summed E-state index contributed by atoms with van der Waals surface area (Å²) in [6.07, 6.45) is 0. The van der Waals surface area contributed by atoms with Crippen LogP contribution in [0.3, 0.4) is 0 Å². The molecule has 0 aliphatic rings. The Morgan fingerprint density at radius 1 is 1.42 bits per heavy atom. The van der Waals surface area contributed by atoms with Gasteiger partial charge in [0, 0.05) is 6.04 Å². The number of aryl methyl sites for hydroxylation is 1. The van der Waals surface area contributed by atoms with Crippen molar-refractivity contribution in [1.29, 1.82) is 0 Å². The largest absolute Gasteiger partial charge is 0.310 e. The lowest BCUT2D eigenvalue weighted by Crippen LogP contribution is -2.18. The number of rotatable bonds is 5. The lowest BCUT2D eigenvalue weighted by molar-refractivity contribution is 0.558. The molecule has 0 spiro atoms. The Hall–Kier alpha value is -0.980. The van der Waals surface area contributed by atoms with Crippen molar-refractivity contribution in [2.75, 3.05) is 6.54 Å². The first-order valence-corrected chi connectivity index (χ1v) is 7.75. The van der Waals surface area contributed by atoms with Gasteiger partial charge in [-0.25, -0.2) is 4.39 Å². The van der Waals surface area contributed by atoms with E-state index in [2.05, 4.69) is 15.5 Å². The Bertz CT molecular complexity index is 557. The van der Waals surface area contributed by atoms with Gasteiger partial charge in [0.1, 0.15) is 10.8 Å². The van der Waals surface area contributed by atoms with Crippen LogP contribution in [-0.2, 0) is 0 Å². The van der Waals surface area contributed by atoms with Gasteiger partial charge in [0.05, 0.1) is 4.90 Å². The van der Waals surface area contributed by atoms with E-state index in [1.807, 2.05) is 26.8 Å². The predicted octanol–water partition coefficient (Wildman–Crippen LogP) is 3.81. The molecule has 0 fully saturated rings. The number of hydrogen-bond donors (Lipinski definition) is 1. The van der Waals surface area contributed by atoms with Gasteiger partial charge in [-0.2, -0.15) is 0 Å². The summed E-state index contributed by atoms with van der Waals surface area (Å²) in [5.41, 5.74) is 0.958. The Morgan fingerprint density at radius 3 is 2.84 bits per heavy atom. The van der Waals surface area contributed by atoms with Gasteiger partial charge in [-0.05, 0) is 32.0 Å². The maximum Gasteiger partial charge on any atom is 0.179 e. The van der Waals surface area contributed by atoms with Crippen LogP contribution in [0.4, 0.5) is 4.39 Å². The van der Waals surface area contributed by atoms with Crippen LogP contribution in [0.25, 0.3) is 0 Å². The van der Waals surface area contributed by atoms with Crippen LogP contribution >= 0.6 is 23.1 Å². The molecule has 0 aliphatic carbocycles. The lowest BCUT2D eigenvalue weighted by Gasteiger charge is -2.16. The highest BCUT2D eigenvalue weighted by atomic mass is 32.2. The molecular formula is C13H16FN3S2. The summed E-state index contributed by atoms with van der Waals surface area (Å²) in [6.45, 7) is 6.81. The molecule has 1 unspecified atom stereocenters. The Balaban J connectivity index is 2.32. The molecule has 2 rings (SSSR count). The summed E-state index contributed by atoms with van der Waals surface area (Å²) in [5.74, 6) is -0.208. The highest BCUT2D eigenvalue weighted by molar-refractivity contribution is 8.01. The summed E-state index contributed by atoms with van der Waals surface area (Å²) >= 11 is 2.82. The molecule has 0 aliphatic heterocycles. The second kappa shape index (κ2) is 6.45. The monoisotopic (exact) mass is 297 g/mol. The minimum Gasteiger partial charge on any atom is -0.310 e. The number of nitrogens with one attached hydrogen (secondary N) is 1. The minimum absolute atomic E-state index is 0.109. The van der Waals surface area contributed by atoms with Crippen LogP contribution < -0.4 is 5.32 Å². The van der Waals surface area contributed by atoms with Crippen LogP contribution in [-0.4, -0.2) is 16.7 Å². The zero-order valence-electron chi connectivity index (χ0n) is 11.1. The van der Waals surface area contributed by atoms with Crippen molar-refractivity contribution in [3.8, 4) is 0 Å². The van der Waals surface area contributed by atoms with Gasteiger partial charge in [-0.1, -0.05) is 42.2 Å². The summed E-state index contributed by atoms with van der Waals surface area (Å²) in [5, 5.41) is 12.2. The highest BCUT2D eigenvalue weighted by Gasteiger charge is 2.16. The van der Waals surface area contributed by atoms with Gasteiger partial charge in [-0.3, -0.25) is 0 Å². The minimum atomic E-state index is -0.208. The zero-order valence-corrected chi connectivity index (χ0v) is 12.7. The first-order valence-electron chi connectivity index (χ1n) is 6.11. The van der Waals surface area contributed by atoms with Crippen LogP contribution in [0.5, 0.6) is 0 Å². The molecule has 1 heterocycles. The fraction of sp³-hybridized carbons (Fsp3) is 0.385. The quantitative estimate of drug-likeness (QED) is 0.910. The SMILES string of the molecule is CCNC(C)c1cccc(F)c1Sc1nnc(C)s1. The van der Waals surface area contributed by atoms with E-state index >= 15 is 0 Å². The van der Waals surface area contributed by atoms with E-state index in [4.69, 9.17) is 0 Å². The lowest BCUT2D eigenvalue weighted by atomic mass is 10.1. The van der Waals surface area contributed by atoms with Gasteiger partial charge < -0.3 is 5.32 Å². The molecule has 3 nitrogen and oxygen atoms in total. The van der Waals surface area contributed by atoms with Crippen molar-refractivity contribution in [2.24, 2.45) is 0 Å². The summed E-state index contributed by atoms with van der Waals surface area (Å²) in [4.78, 5) is 0.632. The predicted molar refractivity (Wildman–Crippen MR) is 77.3 cm³/mol. The number of benzene rings is 1. The molecule has 0 radical (unpaired) electrons. The van der Waals surface area contributed by atoms with Gasteiger partial charge in [0.25, 0.3) is 0 Å². The average Bonchev–Trinajstić information content (AvgIpc) is 2.78. The van der Waals surface area contributed by atoms with Crippen molar-refractivity contribution < 1.29 is 4.39 Å². The molecule has 102 valence electrons. The molecule has 6 heteroatoms. The molecule has 1 aromatic carbocycles. The number of halogens is 1. The van der Waals surface area contributed by atoms with Crippen molar-refractivity contribution in [3.05, 3.63) is 34.6 Å². The molecule has 19 heavy (non-hydrogen) atoms. The smallest absolute Gasteiger partial charge is 0.179 e. The summed E-state index contributed by atoms with van der Waals surface area (Å²) in [7, 11) is 0. The normalized spacial score (nSPS) is 12.6. The van der Waals surface area contributed by atoms with Crippen LogP contribution in [0.1, 0.15) is 30.5 Å². The summed E-state index contributed by atoms with van der Waals surface area (Å²) in [6, 6.07) is 5.29. The molecule has 0 bridgehead atoms. The fourth-order valence-electron chi connectivity index (χ4n) is 1.80. The topological polar surface area (TPSA) is 37.8 Å². The molecule has 1 atom stereocenters. The van der Waals surface area contributed by atoms with E-state index < -0.39 is 0 Å². The van der Waals surface area contributed by atoms with Crippen LogP contribution in [0.2, 0.25) is 0 Å². The third-order valence-corrected chi connectivity index (χ3v) is 4.70. The first kappa shape index (κ1) is 14.4. The Labute approximate surface area is 120 Å². The summed E-state index contributed by atoms with van der Waals surface area (Å²) < 4.78 is 14.8. The maximum atomic E-state index is 14.1. The second-order valence-corrected chi connectivity index (χ2v) is 6.57. The fourth-order valence-corrected chi connectivity index (χ4v) is 3.78. The standard InChI is InChI=1S/C13H16FN3S2/c1-4-15-8(2)10-6-5-7-11(14)12(10)19-13-17-16-9(3)18-13/h5-8,15H,4H2,1-3H3. The first-order chi connectivity index (χ1) is 9.11.